The highest BCUT2D eigenvalue weighted by Crippen LogP contribution is 2.33. The second kappa shape index (κ2) is 8.26. The van der Waals surface area contributed by atoms with Crippen molar-refractivity contribution in [3.05, 3.63) is 34.6 Å². The van der Waals surface area contributed by atoms with Gasteiger partial charge in [0.25, 0.3) is 0 Å². The number of aliphatic hydroxyl groups is 1. The van der Waals surface area contributed by atoms with E-state index in [0.717, 1.165) is 0 Å². The van der Waals surface area contributed by atoms with Gasteiger partial charge in [-0.2, -0.15) is 0 Å². The summed E-state index contributed by atoms with van der Waals surface area (Å²) in [5.41, 5.74) is -0.873. The topological polar surface area (TPSA) is 61.8 Å². The fourth-order valence-electron chi connectivity index (χ4n) is 2.54. The van der Waals surface area contributed by atoms with Crippen molar-refractivity contribution < 1.29 is 19.0 Å². The first-order valence-electron chi connectivity index (χ1n) is 7.05. The fourth-order valence-corrected chi connectivity index (χ4v) is 2.66. The minimum atomic E-state index is -1.36. The predicted octanol–water partition coefficient (Wildman–Crippen LogP) is 1.77. The predicted molar refractivity (Wildman–Crippen MR) is 88.5 cm³/mol. The van der Waals surface area contributed by atoms with E-state index in [1.54, 1.807) is 13.1 Å². The minimum absolute atomic E-state index is 0. The zero-order valence-electron chi connectivity index (χ0n) is 13.0. The Bertz CT molecular complexity index is 562. The largest absolute Gasteiger partial charge is 0.384 e. The molecular weight excluding hydrogens is 346 g/mol. The van der Waals surface area contributed by atoms with Gasteiger partial charge in [-0.25, -0.2) is 4.39 Å². The summed E-state index contributed by atoms with van der Waals surface area (Å²) in [5.74, 6) is -0.735. The average molecular weight is 367 g/mol. The highest BCUT2D eigenvalue weighted by atomic mass is 35.5. The van der Waals surface area contributed by atoms with Crippen LogP contribution in [0.25, 0.3) is 0 Å². The van der Waals surface area contributed by atoms with Gasteiger partial charge < -0.3 is 20.1 Å². The van der Waals surface area contributed by atoms with Crippen molar-refractivity contribution in [3.8, 4) is 0 Å². The van der Waals surface area contributed by atoms with Crippen molar-refractivity contribution in [1.29, 1.82) is 0 Å². The van der Waals surface area contributed by atoms with E-state index in [2.05, 4.69) is 5.32 Å². The molecule has 0 aliphatic carbocycles. The molecule has 0 bridgehead atoms. The molecule has 1 aromatic rings. The Hall–Kier alpha value is -0.920. The Labute approximate surface area is 146 Å². The third-order valence-electron chi connectivity index (χ3n) is 3.78. The molecule has 2 N–H and O–H groups in total. The molecule has 1 fully saturated rings. The summed E-state index contributed by atoms with van der Waals surface area (Å²) < 4.78 is 19.4. The van der Waals surface area contributed by atoms with Gasteiger partial charge in [-0.15, -0.1) is 12.4 Å². The fraction of sp³-hybridized carbons (Fsp3) is 0.533. The molecule has 23 heavy (non-hydrogen) atoms. The molecule has 5 nitrogen and oxygen atoms in total. The van der Waals surface area contributed by atoms with Gasteiger partial charge in [-0.1, -0.05) is 17.7 Å². The number of rotatable bonds is 3. The number of amides is 1. The lowest BCUT2D eigenvalue weighted by Gasteiger charge is -2.37. The number of halogens is 3. The number of hydrogen-bond acceptors (Lipinski definition) is 4. The molecule has 1 amide bonds. The van der Waals surface area contributed by atoms with E-state index in [9.17, 15) is 14.3 Å². The molecule has 130 valence electrons. The van der Waals surface area contributed by atoms with Crippen LogP contribution in [0.5, 0.6) is 0 Å². The summed E-state index contributed by atoms with van der Waals surface area (Å²) in [7, 11) is 1.60. The standard InChI is InChI=1S/C15H20ClFN2O3.ClH/c1-10(20)19(2)9-15(21)8-18-5-6-22-14(15)11-3-4-12(16)13(17)7-11;/h3-4,7,14,18,21H,5-6,8-9H2,1-2H3;1H. The van der Waals surface area contributed by atoms with Crippen LogP contribution < -0.4 is 5.32 Å². The Morgan fingerprint density at radius 3 is 2.91 bits per heavy atom. The number of likely N-dealkylation sites (N-methyl/N-ethyl adjacent to an activating group) is 1. The highest BCUT2D eigenvalue weighted by molar-refractivity contribution is 6.30. The van der Waals surface area contributed by atoms with Crippen molar-refractivity contribution >= 4 is 29.9 Å². The van der Waals surface area contributed by atoms with E-state index in [1.807, 2.05) is 0 Å². The van der Waals surface area contributed by atoms with Crippen LogP contribution in [0.4, 0.5) is 4.39 Å². The third kappa shape index (κ3) is 4.78. The van der Waals surface area contributed by atoms with Crippen molar-refractivity contribution in [2.75, 3.05) is 33.3 Å². The number of carbonyl (C=O) groups excluding carboxylic acids is 1. The Kier molecular flexibility index (Phi) is 7.23. The van der Waals surface area contributed by atoms with E-state index in [0.29, 0.717) is 18.7 Å². The van der Waals surface area contributed by atoms with E-state index in [1.165, 1.54) is 24.0 Å². The van der Waals surface area contributed by atoms with Gasteiger partial charge >= 0.3 is 0 Å². The zero-order chi connectivity index (χ0) is 16.3. The Morgan fingerprint density at radius 1 is 1.61 bits per heavy atom. The van der Waals surface area contributed by atoms with Crippen molar-refractivity contribution in [3.63, 3.8) is 0 Å². The third-order valence-corrected chi connectivity index (χ3v) is 4.08. The van der Waals surface area contributed by atoms with Crippen LogP contribution in [0.1, 0.15) is 18.6 Å². The van der Waals surface area contributed by atoms with Gasteiger partial charge in [0, 0.05) is 27.1 Å². The molecule has 8 heteroatoms. The van der Waals surface area contributed by atoms with Crippen LogP contribution in [-0.2, 0) is 9.53 Å². The summed E-state index contributed by atoms with van der Waals surface area (Å²) in [6.07, 6.45) is -0.754. The lowest BCUT2D eigenvalue weighted by molar-refractivity contribution is -0.138. The first kappa shape index (κ1) is 20.1. The molecular formula is C15H21Cl2FN2O3. The van der Waals surface area contributed by atoms with Crippen LogP contribution in [0.3, 0.4) is 0 Å². The summed E-state index contributed by atoms with van der Waals surface area (Å²) in [5, 5.41) is 14.1. The summed E-state index contributed by atoms with van der Waals surface area (Å²) in [6.45, 7) is 2.68. The molecule has 0 radical (unpaired) electrons. The Morgan fingerprint density at radius 2 is 2.30 bits per heavy atom. The molecule has 2 unspecified atom stereocenters. The van der Waals surface area contributed by atoms with Crippen LogP contribution in [0, 0.1) is 5.82 Å². The number of hydrogen-bond donors (Lipinski definition) is 2. The van der Waals surface area contributed by atoms with Gasteiger partial charge in [0.05, 0.1) is 18.2 Å². The van der Waals surface area contributed by atoms with E-state index < -0.39 is 17.5 Å². The van der Waals surface area contributed by atoms with Crippen molar-refractivity contribution in [2.24, 2.45) is 0 Å². The second-order valence-electron chi connectivity index (χ2n) is 5.58. The molecule has 1 aliphatic heterocycles. The minimum Gasteiger partial charge on any atom is -0.384 e. The number of ether oxygens (including phenoxy) is 1. The van der Waals surface area contributed by atoms with Crippen LogP contribution in [0.15, 0.2) is 18.2 Å². The first-order valence-corrected chi connectivity index (χ1v) is 7.42. The normalized spacial score (nSPS) is 24.5. The molecule has 1 saturated heterocycles. The van der Waals surface area contributed by atoms with Gasteiger partial charge in [0.15, 0.2) is 0 Å². The molecule has 1 aliphatic rings. The summed E-state index contributed by atoms with van der Waals surface area (Å²) in [6, 6.07) is 4.32. The number of benzene rings is 1. The van der Waals surface area contributed by atoms with E-state index >= 15 is 0 Å². The van der Waals surface area contributed by atoms with Gasteiger partial charge in [0.1, 0.15) is 17.5 Å². The maximum absolute atomic E-state index is 13.7. The molecule has 0 aromatic heterocycles. The second-order valence-corrected chi connectivity index (χ2v) is 5.99. The highest BCUT2D eigenvalue weighted by Gasteiger charge is 2.41. The molecule has 1 aromatic carbocycles. The van der Waals surface area contributed by atoms with Gasteiger partial charge in [-0.3, -0.25) is 4.79 Å². The van der Waals surface area contributed by atoms with Crippen LogP contribution in [0.2, 0.25) is 5.02 Å². The summed E-state index contributed by atoms with van der Waals surface area (Å²) in [4.78, 5) is 12.9. The molecule has 1 heterocycles. The zero-order valence-corrected chi connectivity index (χ0v) is 14.6. The van der Waals surface area contributed by atoms with Crippen LogP contribution in [-0.4, -0.2) is 54.8 Å². The molecule has 0 saturated carbocycles. The number of nitrogens with one attached hydrogen (secondary N) is 1. The quantitative estimate of drug-likeness (QED) is 0.855. The maximum atomic E-state index is 13.7. The average Bonchev–Trinajstić information content (AvgIpc) is 2.63. The molecule has 0 spiro atoms. The van der Waals surface area contributed by atoms with Gasteiger partial charge in [0.2, 0.25) is 5.91 Å². The molecule has 2 rings (SSSR count). The number of nitrogens with zero attached hydrogens (tertiary/aromatic N) is 1. The smallest absolute Gasteiger partial charge is 0.219 e. The number of β-amino-alcohol motifs (C(OH)–C–C–N with tert-alkyl or cyclic N) is 1. The van der Waals surface area contributed by atoms with Crippen molar-refractivity contribution in [2.45, 2.75) is 18.6 Å². The van der Waals surface area contributed by atoms with E-state index in [-0.39, 0.29) is 36.4 Å². The van der Waals surface area contributed by atoms with E-state index in [4.69, 9.17) is 16.3 Å². The molecule has 2 atom stereocenters. The van der Waals surface area contributed by atoms with Crippen LogP contribution >= 0.6 is 24.0 Å². The first-order chi connectivity index (χ1) is 10.3. The lowest BCUT2D eigenvalue weighted by Crippen LogP contribution is -2.52. The monoisotopic (exact) mass is 366 g/mol. The SMILES string of the molecule is CC(=O)N(C)CC1(O)CNCCOC1c1ccc(Cl)c(F)c1.Cl. The Balaban J connectivity index is 0.00000264. The lowest BCUT2D eigenvalue weighted by atomic mass is 9.90. The van der Waals surface area contributed by atoms with Gasteiger partial charge in [-0.05, 0) is 17.7 Å². The van der Waals surface area contributed by atoms with Crippen molar-refractivity contribution in [1.82, 2.24) is 10.2 Å². The number of carbonyl (C=O) groups is 1. The summed E-state index contributed by atoms with van der Waals surface area (Å²) >= 11 is 5.71. The maximum Gasteiger partial charge on any atom is 0.219 e.